The predicted octanol–water partition coefficient (Wildman–Crippen LogP) is 4.36. The summed E-state index contributed by atoms with van der Waals surface area (Å²) in [5, 5.41) is 8.28. The lowest BCUT2D eigenvalue weighted by Gasteiger charge is -2.43. The summed E-state index contributed by atoms with van der Waals surface area (Å²) in [4.78, 5) is 10.7. The Morgan fingerprint density at radius 1 is 1.12 bits per heavy atom. The zero-order valence-electron chi connectivity index (χ0n) is 11.8. The third kappa shape index (κ3) is 5.16. The van der Waals surface area contributed by atoms with E-state index in [2.05, 4.69) is 34.6 Å². The number of rotatable bonds is 6. The van der Waals surface area contributed by atoms with E-state index in [1.165, 1.54) is 0 Å². The Morgan fingerprint density at radius 2 is 1.59 bits per heavy atom. The Hall–Kier alpha value is -0.430. The van der Waals surface area contributed by atoms with Gasteiger partial charge in [0.15, 0.2) is 8.46 Å². The number of carboxylic acid groups (broad SMARTS) is 1. The van der Waals surface area contributed by atoms with Crippen molar-refractivity contribution in [3.63, 3.8) is 0 Å². The third-order valence-corrected chi connectivity index (χ3v) is 4.69. The Kier molecular flexibility index (Phi) is 5.34. The molecule has 0 unspecified atom stereocenters. The molecule has 0 heterocycles. The Bertz CT molecular complexity index is 292. The van der Waals surface area contributed by atoms with Crippen LogP contribution >= 0.6 is 8.46 Å². The van der Waals surface area contributed by atoms with Crippen molar-refractivity contribution in [1.29, 1.82) is 0 Å². The highest BCUT2D eigenvalue weighted by Gasteiger charge is 2.44. The molecular formula is C13H25O3P. The summed E-state index contributed by atoms with van der Waals surface area (Å²) in [6, 6.07) is 0. The van der Waals surface area contributed by atoms with Gasteiger partial charge in [0.25, 0.3) is 0 Å². The van der Waals surface area contributed by atoms with Crippen molar-refractivity contribution >= 4 is 14.4 Å². The normalized spacial score (nSPS) is 16.8. The molecule has 0 aliphatic rings. The van der Waals surface area contributed by atoms with E-state index in [0.717, 1.165) is 6.42 Å². The fraction of sp³-hybridized carbons (Fsp3) is 0.923. The van der Waals surface area contributed by atoms with E-state index < -0.39 is 11.1 Å². The van der Waals surface area contributed by atoms with Crippen LogP contribution in [0, 0.1) is 10.8 Å². The summed E-state index contributed by atoms with van der Waals surface area (Å²) >= 11 is 0. The Balaban J connectivity index is 4.93. The van der Waals surface area contributed by atoms with Crippen LogP contribution in [0.4, 0.5) is 0 Å². The number of hydrogen-bond acceptors (Lipinski definition) is 2. The van der Waals surface area contributed by atoms with E-state index in [4.69, 9.17) is 5.11 Å². The van der Waals surface area contributed by atoms with E-state index in [1.54, 1.807) is 0 Å². The van der Waals surface area contributed by atoms with Crippen molar-refractivity contribution in [1.82, 2.24) is 0 Å². The first-order valence-corrected chi connectivity index (χ1v) is 6.81. The van der Waals surface area contributed by atoms with Crippen LogP contribution in [0.2, 0.25) is 0 Å². The molecule has 0 aromatic rings. The highest BCUT2D eigenvalue weighted by molar-refractivity contribution is 7.26. The van der Waals surface area contributed by atoms with E-state index >= 15 is 0 Å². The molecule has 0 saturated carbocycles. The number of hydrogen-bond donors (Lipinski definition) is 1. The van der Waals surface area contributed by atoms with Crippen molar-refractivity contribution in [3.8, 4) is 0 Å². The quantitative estimate of drug-likeness (QED) is 0.722. The van der Waals surface area contributed by atoms with Gasteiger partial charge in [-0.05, 0) is 30.6 Å². The van der Waals surface area contributed by atoms with E-state index in [1.807, 2.05) is 6.92 Å². The summed E-state index contributed by atoms with van der Waals surface area (Å²) in [5.74, 6) is -0.827. The fourth-order valence-electron chi connectivity index (χ4n) is 2.37. The SMILES string of the molecule is CC(C)(C)CC(C)(C)[C@@](C)(CCC(=O)O)P=O. The summed E-state index contributed by atoms with van der Waals surface area (Å²) in [6.07, 6.45) is 1.42. The van der Waals surface area contributed by atoms with Crippen LogP contribution in [0.3, 0.4) is 0 Å². The van der Waals surface area contributed by atoms with Crippen LogP contribution in [-0.2, 0) is 9.36 Å². The molecule has 1 N–H and O–H groups in total. The minimum absolute atomic E-state index is 0.0369. The van der Waals surface area contributed by atoms with Gasteiger partial charge in [-0.2, -0.15) is 0 Å². The van der Waals surface area contributed by atoms with Gasteiger partial charge in [-0.25, -0.2) is 0 Å². The fourth-order valence-corrected chi connectivity index (χ4v) is 2.90. The second-order valence-electron chi connectivity index (χ2n) is 6.88. The number of aliphatic carboxylic acids is 1. The average molecular weight is 260 g/mol. The topological polar surface area (TPSA) is 54.4 Å². The molecule has 3 nitrogen and oxygen atoms in total. The molecule has 0 fully saturated rings. The van der Waals surface area contributed by atoms with Gasteiger partial charge >= 0.3 is 5.97 Å². The maximum absolute atomic E-state index is 11.5. The minimum Gasteiger partial charge on any atom is -0.481 e. The van der Waals surface area contributed by atoms with Crippen molar-refractivity contribution in [2.24, 2.45) is 10.8 Å². The molecule has 0 aromatic heterocycles. The molecule has 17 heavy (non-hydrogen) atoms. The van der Waals surface area contributed by atoms with Gasteiger partial charge in [-0.1, -0.05) is 34.6 Å². The largest absolute Gasteiger partial charge is 0.481 e. The van der Waals surface area contributed by atoms with E-state index in [-0.39, 0.29) is 25.7 Å². The monoisotopic (exact) mass is 260 g/mol. The van der Waals surface area contributed by atoms with Gasteiger partial charge in [0.2, 0.25) is 0 Å². The molecule has 0 saturated heterocycles. The maximum Gasteiger partial charge on any atom is 0.303 e. The van der Waals surface area contributed by atoms with Crippen molar-refractivity contribution in [3.05, 3.63) is 0 Å². The van der Waals surface area contributed by atoms with Gasteiger partial charge < -0.3 is 5.11 Å². The van der Waals surface area contributed by atoms with Crippen LogP contribution in [0.1, 0.15) is 60.8 Å². The zero-order chi connectivity index (χ0) is 13.9. The minimum atomic E-state index is -0.827. The first-order chi connectivity index (χ1) is 7.43. The first-order valence-electron chi connectivity index (χ1n) is 6.00. The molecule has 1 atom stereocenters. The molecule has 0 radical (unpaired) electrons. The van der Waals surface area contributed by atoms with Gasteiger partial charge in [0, 0.05) is 6.42 Å². The van der Waals surface area contributed by atoms with Crippen molar-refractivity contribution in [2.75, 3.05) is 0 Å². The molecule has 0 rings (SSSR count). The van der Waals surface area contributed by atoms with E-state index in [0.29, 0.717) is 6.42 Å². The molecular weight excluding hydrogens is 235 g/mol. The van der Waals surface area contributed by atoms with Gasteiger partial charge in [-0.15, -0.1) is 0 Å². The van der Waals surface area contributed by atoms with Crippen molar-refractivity contribution in [2.45, 2.75) is 66.0 Å². The van der Waals surface area contributed by atoms with Crippen LogP contribution < -0.4 is 0 Å². The third-order valence-electron chi connectivity index (χ3n) is 3.46. The molecule has 0 aromatic carbocycles. The standard InChI is InChI=1S/C13H25O3P/c1-11(2,3)9-12(4,5)13(6,17-16)8-7-10(14)15/h7-9H2,1-6H3,(H,14,15)/t13-/m1/s1. The van der Waals surface area contributed by atoms with Gasteiger partial charge in [0.1, 0.15) is 0 Å². The van der Waals surface area contributed by atoms with Crippen LogP contribution in [0.15, 0.2) is 0 Å². The summed E-state index contributed by atoms with van der Waals surface area (Å²) in [7, 11) is 0.0369. The van der Waals surface area contributed by atoms with Crippen LogP contribution in [-0.4, -0.2) is 16.2 Å². The summed E-state index contributed by atoms with van der Waals surface area (Å²) in [6.45, 7) is 12.5. The molecule has 0 spiro atoms. The summed E-state index contributed by atoms with van der Waals surface area (Å²) in [5.41, 5.74) is -0.0251. The number of carboxylic acids is 1. The lowest BCUT2D eigenvalue weighted by molar-refractivity contribution is -0.137. The van der Waals surface area contributed by atoms with Crippen LogP contribution in [0.25, 0.3) is 0 Å². The smallest absolute Gasteiger partial charge is 0.303 e. The molecule has 4 heteroatoms. The van der Waals surface area contributed by atoms with Gasteiger partial charge in [0.05, 0.1) is 5.16 Å². The maximum atomic E-state index is 11.5. The van der Waals surface area contributed by atoms with Gasteiger partial charge in [-0.3, -0.25) is 9.36 Å². The molecule has 100 valence electrons. The molecule has 0 bridgehead atoms. The second-order valence-corrected chi connectivity index (χ2v) is 8.05. The van der Waals surface area contributed by atoms with E-state index in [9.17, 15) is 9.36 Å². The lowest BCUT2D eigenvalue weighted by Crippen LogP contribution is -2.40. The highest BCUT2D eigenvalue weighted by Crippen LogP contribution is 2.50. The summed E-state index contributed by atoms with van der Waals surface area (Å²) < 4.78 is 11.5. The second kappa shape index (κ2) is 5.48. The zero-order valence-corrected chi connectivity index (χ0v) is 12.7. The average Bonchev–Trinajstić information content (AvgIpc) is 2.09. The molecule has 0 aliphatic carbocycles. The number of carbonyl (C=O) groups is 1. The van der Waals surface area contributed by atoms with Crippen molar-refractivity contribution < 1.29 is 14.5 Å². The highest BCUT2D eigenvalue weighted by atomic mass is 31.1. The Labute approximate surface area is 106 Å². The molecule has 0 amide bonds. The first kappa shape index (κ1) is 16.6. The Morgan fingerprint density at radius 3 is 1.88 bits per heavy atom. The lowest BCUT2D eigenvalue weighted by atomic mass is 9.67. The molecule has 0 aliphatic heterocycles. The predicted molar refractivity (Wildman–Crippen MR) is 70.7 cm³/mol. The van der Waals surface area contributed by atoms with Crippen LogP contribution in [0.5, 0.6) is 0 Å².